The second-order valence-electron chi connectivity index (χ2n) is 5.46. The van der Waals surface area contributed by atoms with Gasteiger partial charge in [-0.15, -0.1) is 0 Å². The van der Waals surface area contributed by atoms with Gasteiger partial charge in [-0.2, -0.15) is 0 Å². The van der Waals surface area contributed by atoms with Gasteiger partial charge < -0.3 is 15.4 Å². The SMILES string of the molecule is Cc1ccc(C)c(OCCNC(=O)Nc2ccc(Cl)cc2C)c1. The molecule has 4 nitrogen and oxygen atoms in total. The van der Waals surface area contributed by atoms with Crippen LogP contribution in [-0.4, -0.2) is 19.2 Å². The molecule has 2 amide bonds. The van der Waals surface area contributed by atoms with Crippen molar-refractivity contribution >= 4 is 23.3 Å². The Balaban J connectivity index is 1.77. The van der Waals surface area contributed by atoms with E-state index in [0.717, 1.165) is 28.1 Å². The molecule has 2 aromatic carbocycles. The molecule has 23 heavy (non-hydrogen) atoms. The molecule has 0 bridgehead atoms. The fourth-order valence-corrected chi connectivity index (χ4v) is 2.35. The topological polar surface area (TPSA) is 50.4 Å². The molecule has 2 rings (SSSR count). The fraction of sp³-hybridized carbons (Fsp3) is 0.278. The average Bonchev–Trinajstić information content (AvgIpc) is 2.50. The summed E-state index contributed by atoms with van der Waals surface area (Å²) in [5, 5.41) is 6.21. The van der Waals surface area contributed by atoms with E-state index in [-0.39, 0.29) is 6.03 Å². The molecule has 2 aromatic rings. The fourth-order valence-electron chi connectivity index (χ4n) is 2.12. The highest BCUT2D eigenvalue weighted by molar-refractivity contribution is 6.30. The second-order valence-corrected chi connectivity index (χ2v) is 5.89. The van der Waals surface area contributed by atoms with Gasteiger partial charge in [-0.25, -0.2) is 4.79 Å². The standard InChI is InChI=1S/C18H21ClN2O2/c1-12-4-5-13(2)17(10-12)23-9-8-20-18(22)21-16-7-6-15(19)11-14(16)3/h4-7,10-11H,8-9H2,1-3H3,(H2,20,21,22). The molecule has 0 aliphatic rings. The molecule has 0 aromatic heterocycles. The lowest BCUT2D eigenvalue weighted by atomic mass is 10.1. The van der Waals surface area contributed by atoms with Crippen LogP contribution >= 0.6 is 11.6 Å². The van der Waals surface area contributed by atoms with E-state index in [1.165, 1.54) is 0 Å². The zero-order chi connectivity index (χ0) is 16.8. The molecular formula is C18H21ClN2O2. The first-order valence-electron chi connectivity index (χ1n) is 7.47. The Morgan fingerprint density at radius 3 is 2.61 bits per heavy atom. The van der Waals surface area contributed by atoms with Gasteiger partial charge in [0, 0.05) is 10.7 Å². The molecule has 122 valence electrons. The van der Waals surface area contributed by atoms with E-state index in [0.29, 0.717) is 18.2 Å². The number of aryl methyl sites for hydroxylation is 3. The van der Waals surface area contributed by atoms with Gasteiger partial charge in [0.05, 0.1) is 6.54 Å². The van der Waals surface area contributed by atoms with Gasteiger partial charge in [0.2, 0.25) is 0 Å². The second kappa shape index (κ2) is 7.88. The van der Waals surface area contributed by atoms with E-state index in [1.807, 2.05) is 39.0 Å². The molecule has 0 heterocycles. The number of hydrogen-bond donors (Lipinski definition) is 2. The van der Waals surface area contributed by atoms with Crippen LogP contribution in [0.4, 0.5) is 10.5 Å². The minimum absolute atomic E-state index is 0.264. The monoisotopic (exact) mass is 332 g/mol. The molecule has 2 N–H and O–H groups in total. The van der Waals surface area contributed by atoms with E-state index in [4.69, 9.17) is 16.3 Å². The molecule has 0 spiro atoms. The van der Waals surface area contributed by atoms with Crippen molar-refractivity contribution in [1.29, 1.82) is 0 Å². The van der Waals surface area contributed by atoms with Crippen LogP contribution in [0.1, 0.15) is 16.7 Å². The zero-order valence-electron chi connectivity index (χ0n) is 13.6. The third-order valence-electron chi connectivity index (χ3n) is 3.43. The largest absolute Gasteiger partial charge is 0.491 e. The maximum atomic E-state index is 11.9. The summed E-state index contributed by atoms with van der Waals surface area (Å²) in [6.07, 6.45) is 0. The predicted molar refractivity (Wildman–Crippen MR) is 94.6 cm³/mol. The van der Waals surface area contributed by atoms with Gasteiger partial charge in [0.1, 0.15) is 12.4 Å². The number of carbonyl (C=O) groups is 1. The number of nitrogens with one attached hydrogen (secondary N) is 2. The number of carbonyl (C=O) groups excluding carboxylic acids is 1. The van der Waals surface area contributed by atoms with Crippen LogP contribution < -0.4 is 15.4 Å². The van der Waals surface area contributed by atoms with E-state index >= 15 is 0 Å². The number of anilines is 1. The van der Waals surface area contributed by atoms with Crippen LogP contribution in [0.25, 0.3) is 0 Å². The molecule has 0 fully saturated rings. The highest BCUT2D eigenvalue weighted by Crippen LogP contribution is 2.20. The molecular weight excluding hydrogens is 312 g/mol. The Morgan fingerprint density at radius 1 is 1.09 bits per heavy atom. The third-order valence-corrected chi connectivity index (χ3v) is 3.66. The lowest BCUT2D eigenvalue weighted by molar-refractivity contribution is 0.247. The summed E-state index contributed by atoms with van der Waals surface area (Å²) in [5.41, 5.74) is 3.88. The lowest BCUT2D eigenvalue weighted by Gasteiger charge is -2.12. The summed E-state index contributed by atoms with van der Waals surface area (Å²) < 4.78 is 5.70. The quantitative estimate of drug-likeness (QED) is 0.794. The Bertz CT molecular complexity index is 701. The first-order valence-corrected chi connectivity index (χ1v) is 7.84. The number of urea groups is 1. The Kier molecular flexibility index (Phi) is 5.88. The first kappa shape index (κ1) is 17.2. The smallest absolute Gasteiger partial charge is 0.319 e. The molecule has 0 saturated carbocycles. The molecule has 0 atom stereocenters. The summed E-state index contributed by atoms with van der Waals surface area (Å²) in [4.78, 5) is 11.9. The number of rotatable bonds is 5. The summed E-state index contributed by atoms with van der Waals surface area (Å²) in [5.74, 6) is 0.848. The van der Waals surface area contributed by atoms with Gasteiger partial charge in [-0.05, 0) is 61.7 Å². The lowest BCUT2D eigenvalue weighted by Crippen LogP contribution is -2.32. The molecule has 0 aliphatic heterocycles. The molecule has 0 saturated heterocycles. The number of ether oxygens (including phenoxy) is 1. The number of benzene rings is 2. The highest BCUT2D eigenvalue weighted by atomic mass is 35.5. The Hall–Kier alpha value is -2.20. The number of hydrogen-bond acceptors (Lipinski definition) is 2. The van der Waals surface area contributed by atoms with Crippen molar-refractivity contribution in [3.8, 4) is 5.75 Å². The van der Waals surface area contributed by atoms with Crippen molar-refractivity contribution in [2.24, 2.45) is 0 Å². The van der Waals surface area contributed by atoms with Crippen LogP contribution in [0.15, 0.2) is 36.4 Å². The summed E-state index contributed by atoms with van der Waals surface area (Å²) in [7, 11) is 0. The maximum Gasteiger partial charge on any atom is 0.319 e. The predicted octanol–water partition coefficient (Wildman–Crippen LogP) is 4.47. The average molecular weight is 333 g/mol. The maximum absolute atomic E-state index is 11.9. The van der Waals surface area contributed by atoms with Crippen LogP contribution in [0.5, 0.6) is 5.75 Å². The van der Waals surface area contributed by atoms with E-state index in [1.54, 1.807) is 18.2 Å². The zero-order valence-corrected chi connectivity index (χ0v) is 14.3. The van der Waals surface area contributed by atoms with Crippen molar-refractivity contribution < 1.29 is 9.53 Å². The summed E-state index contributed by atoms with van der Waals surface area (Å²) >= 11 is 5.89. The Morgan fingerprint density at radius 2 is 1.87 bits per heavy atom. The van der Waals surface area contributed by atoms with Crippen molar-refractivity contribution in [3.63, 3.8) is 0 Å². The summed E-state index contributed by atoms with van der Waals surface area (Å²) in [6, 6.07) is 11.1. The normalized spacial score (nSPS) is 10.3. The van der Waals surface area contributed by atoms with Crippen molar-refractivity contribution in [2.75, 3.05) is 18.5 Å². The molecule has 0 aliphatic carbocycles. The number of halogens is 1. The van der Waals surface area contributed by atoms with Gasteiger partial charge in [-0.1, -0.05) is 23.7 Å². The first-order chi connectivity index (χ1) is 11.0. The number of amides is 2. The highest BCUT2D eigenvalue weighted by Gasteiger charge is 2.05. The minimum atomic E-state index is -0.264. The molecule has 0 unspecified atom stereocenters. The van der Waals surface area contributed by atoms with Crippen LogP contribution in [-0.2, 0) is 0 Å². The van der Waals surface area contributed by atoms with E-state index in [2.05, 4.69) is 10.6 Å². The summed E-state index contributed by atoms with van der Waals surface area (Å²) in [6.45, 7) is 6.75. The Labute approximate surface area is 141 Å². The van der Waals surface area contributed by atoms with Crippen LogP contribution in [0.2, 0.25) is 5.02 Å². The van der Waals surface area contributed by atoms with Crippen molar-refractivity contribution in [2.45, 2.75) is 20.8 Å². The van der Waals surface area contributed by atoms with Gasteiger partial charge >= 0.3 is 6.03 Å². The van der Waals surface area contributed by atoms with Crippen LogP contribution in [0, 0.1) is 20.8 Å². The van der Waals surface area contributed by atoms with Gasteiger partial charge in [0.25, 0.3) is 0 Å². The van der Waals surface area contributed by atoms with Crippen molar-refractivity contribution in [1.82, 2.24) is 5.32 Å². The molecule has 0 radical (unpaired) electrons. The third kappa shape index (κ3) is 5.18. The minimum Gasteiger partial charge on any atom is -0.491 e. The molecule has 5 heteroatoms. The van der Waals surface area contributed by atoms with Gasteiger partial charge in [0.15, 0.2) is 0 Å². The van der Waals surface area contributed by atoms with E-state index < -0.39 is 0 Å². The van der Waals surface area contributed by atoms with Crippen molar-refractivity contribution in [3.05, 3.63) is 58.1 Å². The van der Waals surface area contributed by atoms with Gasteiger partial charge in [-0.3, -0.25) is 0 Å². The van der Waals surface area contributed by atoms with Crippen LogP contribution in [0.3, 0.4) is 0 Å². The van der Waals surface area contributed by atoms with E-state index in [9.17, 15) is 4.79 Å².